The third-order valence-electron chi connectivity index (χ3n) is 19.2. The van der Waals surface area contributed by atoms with E-state index in [9.17, 15) is 105 Å². The van der Waals surface area contributed by atoms with Crippen molar-refractivity contribution in [3.05, 3.63) is 107 Å². The first-order chi connectivity index (χ1) is 58.8. The van der Waals surface area contributed by atoms with Crippen LogP contribution in [0.15, 0.2) is 9.81 Å². The number of rotatable bonds is 48. The number of hydrogen-bond donors (Lipinski definition) is 0. The number of imide groups is 4. The third-order valence-corrected chi connectivity index (χ3v) is 29.1. The number of Topliss-reactive ketones (excluding diaryl/α,β-unsaturated/α-hetero) is 12. The van der Waals surface area contributed by atoms with Gasteiger partial charge in [-0.1, -0.05) is 102 Å². The molecule has 6 aliphatic rings. The number of thioether (sulfide) groups is 12. The second-order valence-corrected chi connectivity index (χ2v) is 38.9. The summed E-state index contributed by atoms with van der Waals surface area (Å²) < 4.78 is 0. The van der Waals surface area contributed by atoms with Crippen LogP contribution >= 0.6 is 141 Å². The molecule has 2 aliphatic carbocycles. The summed E-state index contributed by atoms with van der Waals surface area (Å²) in [6.07, 6.45) is 40.0. The molecular weight excluding hydrogens is 3680 g/mol. The minimum Gasteiger partial charge on any atom is -0.542 e. The minimum absolute atomic E-state index is 0. The van der Waals surface area contributed by atoms with Crippen LogP contribution in [0.2, 0.25) is 0 Å². The number of carbonyl (C=O) groups excluding carboxylic acids is 22. The van der Waals surface area contributed by atoms with E-state index in [0.717, 1.165) is 34.0 Å². The molecule has 20 radical (unpaired) electrons. The molecule has 0 bridgehead atoms. The second-order valence-electron chi connectivity index (χ2n) is 27.7. The van der Waals surface area contributed by atoms with Gasteiger partial charge in [0.1, 0.15) is 34.7 Å². The van der Waals surface area contributed by atoms with Crippen molar-refractivity contribution in [2.75, 3.05) is 124 Å². The molecule has 4 saturated heterocycles. The van der Waals surface area contributed by atoms with Gasteiger partial charge in [0.25, 0.3) is 0 Å². The van der Waals surface area contributed by atoms with Crippen LogP contribution in [0.25, 0.3) is 0 Å². The fourth-order valence-electron chi connectivity index (χ4n) is 12.1. The average molecular weight is 3820 g/mol. The maximum absolute atomic E-state index is 12.5. The molecule has 5 fully saturated rings. The van der Waals surface area contributed by atoms with Crippen molar-refractivity contribution in [2.24, 2.45) is 35.5 Å². The van der Waals surface area contributed by atoms with Gasteiger partial charge in [0.15, 0.2) is 0 Å². The number of allylic oxidation sites excluding steroid dienone is 2. The summed E-state index contributed by atoms with van der Waals surface area (Å²) in [5.41, 5.74) is 0. The first kappa shape index (κ1) is 238. The number of hydrogen-bond acceptors (Lipinski definition) is 34. The third kappa shape index (κ3) is 98.8. The first-order valence-electron chi connectivity index (χ1n) is 39.9. The van der Waals surface area contributed by atoms with Gasteiger partial charge in [0.05, 0.1) is 37.3 Å². The molecular formula is C92H142N4O22S12Y20-16. The minimum atomic E-state index is -0.620. The summed E-state index contributed by atoms with van der Waals surface area (Å²) in [5.74, 6) is -1.58. The monoisotopic (exact) mass is 3820 g/mol. The molecule has 8 amide bonds. The number of nitrogens with zero attached hydrogens (tertiary/aromatic N) is 4. The van der Waals surface area contributed by atoms with E-state index in [1.807, 2.05) is 90.9 Å². The topological polar surface area (TPSA) is 388 Å². The van der Waals surface area contributed by atoms with E-state index in [2.05, 4.69) is 13.8 Å². The molecule has 0 aromatic heterocycles. The van der Waals surface area contributed by atoms with Crippen molar-refractivity contribution in [3.63, 3.8) is 0 Å². The molecule has 11 unspecified atom stereocenters. The van der Waals surface area contributed by atoms with Gasteiger partial charge in [-0.15, -0.1) is 36.1 Å². The molecule has 150 heavy (non-hydrogen) atoms. The Bertz CT molecular complexity index is 3710. The van der Waals surface area contributed by atoms with Gasteiger partial charge in [-0.3, -0.25) is 86.0 Å². The maximum Gasteiger partial charge on any atom is 0.242 e. The second kappa shape index (κ2) is 148. The normalized spacial score (nSPS) is 16.9. The summed E-state index contributed by atoms with van der Waals surface area (Å²) >= 11 is 17.0. The molecule has 26 nitrogen and oxygen atoms in total. The van der Waals surface area contributed by atoms with Gasteiger partial charge in [-0.2, -0.15) is 124 Å². The van der Waals surface area contributed by atoms with Crippen molar-refractivity contribution in [1.29, 1.82) is 0 Å². The summed E-state index contributed by atoms with van der Waals surface area (Å²) in [6.45, 7) is 18.8. The number of likely N-dealkylation sites (tertiary alicyclic amines) is 4. The van der Waals surface area contributed by atoms with Crippen molar-refractivity contribution in [3.8, 4) is 0 Å². The zero-order chi connectivity index (χ0) is 95.1. The van der Waals surface area contributed by atoms with E-state index in [4.69, 9.17) is 0 Å². The van der Waals surface area contributed by atoms with Gasteiger partial charge in [0.2, 0.25) is 47.3 Å². The van der Waals surface area contributed by atoms with Crippen LogP contribution < -0.4 is 0 Å². The summed E-state index contributed by atoms with van der Waals surface area (Å²) in [7, 11) is 0. The maximum atomic E-state index is 12.5. The molecule has 4 heterocycles. The Labute approximate surface area is 1460 Å². The zero-order valence-electron chi connectivity index (χ0n) is 92.0. The summed E-state index contributed by atoms with van der Waals surface area (Å²) in [5, 5.41) is -1.60. The molecule has 4 aliphatic heterocycles. The SMILES string of the molecule is CCC([CH-]C(=O)CCN1C(=O)CC(SC)C1=O)C(=O)CCN1C(=O)CC(SC)C1=O.CCC([CH-]C(=O)CSC)C(=O)CSC.CCC1[CH-]C(=O)C(SC)=C(SC)C1=O.CCC1[CH-]C(=O)C(SC)C(SC)C1=O.CSC1CC(=O)N(CC[C-]=O)C1=O.CSC[C-]=O.[CH2-]C(=O)[CH-]C(CC)C(=O)CCC(=O)CSC.[CH2-][C@@H]([CH-]C(=O)CCN1C(=O)CC(SC)C1=O)CC.[CH3-].[CH3-].[CH3-].[CH3-].[CH3-].[CH3-].[Y].[Y].[Y].[Y].[Y].[Y].[Y].[Y].[Y].[Y].[Y].[Y].[Y].[Y].[Y].[Y].[Y].[Y].[Y].[Y]. The molecule has 12 atom stereocenters. The van der Waals surface area contributed by atoms with Crippen molar-refractivity contribution < 1.29 is 760 Å². The van der Waals surface area contributed by atoms with Crippen molar-refractivity contribution in [2.45, 2.75) is 176 Å². The van der Waals surface area contributed by atoms with Crippen LogP contribution in [-0.2, 0) is 760 Å². The summed E-state index contributed by atoms with van der Waals surface area (Å²) in [6, 6.07) is 0. The largest absolute Gasteiger partial charge is 0.542 e. The molecule has 1 saturated carbocycles. The van der Waals surface area contributed by atoms with E-state index < -0.39 is 5.92 Å². The Morgan fingerprint density at radius 3 is 0.973 bits per heavy atom. The smallest absolute Gasteiger partial charge is 0.242 e. The van der Waals surface area contributed by atoms with E-state index >= 15 is 0 Å². The van der Waals surface area contributed by atoms with Crippen LogP contribution in [0.5, 0.6) is 0 Å². The average Bonchev–Trinajstić information content (AvgIpc) is 1.34. The van der Waals surface area contributed by atoms with Gasteiger partial charge in [-0.25, -0.2) is 11.8 Å². The molecule has 0 aromatic rings. The first-order valence-corrected chi connectivity index (χ1v) is 55.7. The Kier molecular flexibility index (Phi) is 234. The van der Waals surface area contributed by atoms with Crippen LogP contribution in [0.1, 0.15) is 144 Å². The molecule has 6 rings (SSSR count). The number of carbonyl (C=O) groups is 20. The zero-order valence-corrected chi connectivity index (χ0v) is 159. The molecule has 0 N–H and O–H groups in total. The fourth-order valence-corrected chi connectivity index (χ4v) is 20.0. The van der Waals surface area contributed by atoms with E-state index in [0.29, 0.717) is 52.1 Å². The van der Waals surface area contributed by atoms with Gasteiger partial charge >= 0.3 is 0 Å². The molecule has 0 spiro atoms. The molecule has 810 valence electrons. The van der Waals surface area contributed by atoms with Gasteiger partial charge in [-0.05, 0) is 105 Å². The molecule has 0 aromatic carbocycles. The van der Waals surface area contributed by atoms with Crippen LogP contribution in [0.4, 0.5) is 0 Å². The van der Waals surface area contributed by atoms with Crippen molar-refractivity contribution >= 4 is 270 Å². The fraction of sp³-hybridized carbons (Fsp3) is 0.587. The Hall–Kier alpha value is 17.0. The van der Waals surface area contributed by atoms with Gasteiger partial charge in [0, 0.05) is 760 Å². The van der Waals surface area contributed by atoms with Crippen LogP contribution in [0.3, 0.4) is 0 Å². The Balaban J connectivity index is -0.0000000437. The van der Waals surface area contributed by atoms with E-state index in [-0.39, 0.29) is 967 Å². The van der Waals surface area contributed by atoms with E-state index in [1.54, 1.807) is 63.9 Å². The Morgan fingerprint density at radius 2 is 0.687 bits per heavy atom. The number of amides is 8. The predicted molar refractivity (Wildman–Crippen MR) is 554 cm³/mol. The van der Waals surface area contributed by atoms with Gasteiger partial charge < -0.3 is 148 Å². The predicted octanol–water partition coefficient (Wildman–Crippen LogP) is 13.8. The number of ketones is 12. The van der Waals surface area contributed by atoms with E-state index in [1.165, 1.54) is 159 Å². The van der Waals surface area contributed by atoms with Crippen LogP contribution in [-0.4, -0.2) is 305 Å². The standard InChI is InChI=1S/C20H27N2O6S2.C13H19NO3S.C12H18O3S.C10H15O2S2.C10H13O2S2.C10H17O2S2.C8H10NO3S.C3H5OS.6CH3.20Y/c1-4-12(14(24)6-8-22-18(26)11-16(30-3)20(22)28)9-13(23)5-7-21-17(25)10-15(29-2)19(21)27;1-4-9(2)7-10(15)5-6-14-12(16)8-11(18-3)13(14)17;1-4-10(7-9(2)13)12(15)6-5-11(14)8-16-3;2*1-4-6-5-7(11)9(13-2)10(14-3)8(6)12;1-4-8(10(12)7-14-3)5-9(11)6-13-2;1-13-6-5-7(11)9(8(6)12)3-2-4-10;1-5-3-2-4;;;;;;;;;;;;;;;;;;;;;;;;;;/h9,12,15-16H,4-8,10-11H2,1-3H3;7,9,11H,2,4-6,8H2,1,3H3;7,10H,2,4-6,8H2,1,3H3;5-6,9-10H,4H2,1-3H3;5-6H,4H2,1-3H3;5,8H,4,6-7H2,1-3H3;6H,2-3,5H2,1H3;3H2,1H3;6*1H3;;;;;;;;;;;;;;;;;;;;/q-1;2*-2;11*-1;;;;;;;;;;;;;;;;;;;;/t;9-,11?;;;;;;;;;;;;;;;;;;;;;;;;;;;;;;;;/m.1................................/s1. The quantitative estimate of drug-likeness (QED) is 0.0403. The summed E-state index contributed by atoms with van der Waals surface area (Å²) in [4.78, 5) is 259. The molecule has 58 heteroatoms. The van der Waals surface area contributed by atoms with Crippen LogP contribution in [0, 0.1) is 132 Å². The van der Waals surface area contributed by atoms with Crippen molar-refractivity contribution in [1.82, 2.24) is 19.6 Å². The Morgan fingerprint density at radius 1 is 0.360 bits per heavy atom.